The Bertz CT molecular complexity index is 532. The summed E-state index contributed by atoms with van der Waals surface area (Å²) in [6.07, 6.45) is 1.98. The van der Waals surface area contributed by atoms with Crippen LogP contribution in [0.4, 0.5) is 9.59 Å². The molecule has 2 rings (SSSR count). The zero-order chi connectivity index (χ0) is 15.1. The molecule has 1 unspecified atom stereocenters. The number of primary amides is 2. The van der Waals surface area contributed by atoms with Gasteiger partial charge in [0.05, 0.1) is 5.56 Å². The molecule has 1 aliphatic rings. The van der Waals surface area contributed by atoms with Crippen LogP contribution in [0.2, 0.25) is 0 Å². The van der Waals surface area contributed by atoms with Gasteiger partial charge in [-0.15, -0.1) is 0 Å². The summed E-state index contributed by atoms with van der Waals surface area (Å²) < 4.78 is 0. The third kappa shape index (κ3) is 4.60. The average molecular weight is 280 g/mol. The number of nitrogens with two attached hydrogens (primary N) is 2. The molecule has 1 aromatic heterocycles. The summed E-state index contributed by atoms with van der Waals surface area (Å²) in [4.78, 5) is 45.3. The molecule has 0 bridgehead atoms. The Labute approximate surface area is 112 Å². The Hall–Kier alpha value is -3.17. The predicted octanol–water partition coefficient (Wildman–Crippen LogP) is -2.00. The maximum absolute atomic E-state index is 10.7. The first-order valence-corrected chi connectivity index (χ1v) is 5.27. The Balaban J connectivity index is 0.000000204. The molecule has 1 fully saturated rings. The number of pyridine rings is 1. The number of hydrogen-bond donors (Lipinski definition) is 5. The van der Waals surface area contributed by atoms with Gasteiger partial charge in [0.1, 0.15) is 0 Å². The molecule has 0 aliphatic carbocycles. The summed E-state index contributed by atoms with van der Waals surface area (Å²) in [6, 6.07) is 1.77. The third-order valence-electron chi connectivity index (χ3n) is 2.01. The number of nitrogens with one attached hydrogen (secondary N) is 3. The number of urea groups is 2. The lowest BCUT2D eigenvalue weighted by molar-refractivity contribution is -0.120. The minimum Gasteiger partial charge on any atom is -0.366 e. The number of imide groups is 1. The van der Waals surface area contributed by atoms with Crippen molar-refractivity contribution in [3.63, 3.8) is 0 Å². The van der Waals surface area contributed by atoms with Crippen molar-refractivity contribution in [1.82, 2.24) is 20.9 Å². The first-order valence-electron chi connectivity index (χ1n) is 5.27. The van der Waals surface area contributed by atoms with E-state index in [9.17, 15) is 19.2 Å². The normalized spacial score (nSPS) is 16.3. The highest BCUT2D eigenvalue weighted by molar-refractivity contribution is 6.05. The molecule has 10 heteroatoms. The highest BCUT2D eigenvalue weighted by Gasteiger charge is 2.29. The molecular weight excluding hydrogens is 268 g/mol. The SMILES string of the molecule is NC(=O)NC1NC(=O)NC1=O.NC(=O)c1cccnc1. The summed E-state index contributed by atoms with van der Waals surface area (Å²) in [6.45, 7) is 0. The van der Waals surface area contributed by atoms with Crippen molar-refractivity contribution >= 4 is 23.9 Å². The van der Waals surface area contributed by atoms with Gasteiger partial charge in [-0.25, -0.2) is 9.59 Å². The predicted molar refractivity (Wildman–Crippen MR) is 65.9 cm³/mol. The van der Waals surface area contributed by atoms with Crippen LogP contribution in [0.15, 0.2) is 24.5 Å². The van der Waals surface area contributed by atoms with Crippen LogP contribution in [0.25, 0.3) is 0 Å². The third-order valence-corrected chi connectivity index (χ3v) is 2.01. The molecule has 10 nitrogen and oxygen atoms in total. The van der Waals surface area contributed by atoms with E-state index in [1.54, 1.807) is 18.3 Å². The Morgan fingerprint density at radius 3 is 2.35 bits per heavy atom. The van der Waals surface area contributed by atoms with Gasteiger partial charge in [-0.05, 0) is 12.1 Å². The van der Waals surface area contributed by atoms with E-state index < -0.39 is 30.0 Å². The van der Waals surface area contributed by atoms with E-state index in [0.717, 1.165) is 0 Å². The molecule has 106 valence electrons. The Kier molecular flexibility index (Phi) is 4.97. The molecule has 7 N–H and O–H groups in total. The van der Waals surface area contributed by atoms with Crippen LogP contribution in [-0.2, 0) is 4.79 Å². The molecule has 0 spiro atoms. The van der Waals surface area contributed by atoms with Crippen molar-refractivity contribution in [2.75, 3.05) is 0 Å². The van der Waals surface area contributed by atoms with Crippen LogP contribution in [0.5, 0.6) is 0 Å². The molecule has 1 aromatic rings. The van der Waals surface area contributed by atoms with Gasteiger partial charge >= 0.3 is 12.1 Å². The van der Waals surface area contributed by atoms with Crippen LogP contribution in [0, 0.1) is 0 Å². The van der Waals surface area contributed by atoms with Crippen LogP contribution in [-0.4, -0.2) is 35.0 Å². The Morgan fingerprint density at radius 1 is 1.30 bits per heavy atom. The van der Waals surface area contributed by atoms with Crippen LogP contribution >= 0.6 is 0 Å². The fourth-order valence-corrected chi connectivity index (χ4v) is 1.17. The number of hydrogen-bond acceptors (Lipinski definition) is 5. The fraction of sp³-hybridized carbons (Fsp3) is 0.100. The second kappa shape index (κ2) is 6.68. The van der Waals surface area contributed by atoms with Gasteiger partial charge in [0.25, 0.3) is 5.91 Å². The molecule has 20 heavy (non-hydrogen) atoms. The zero-order valence-electron chi connectivity index (χ0n) is 10.1. The minimum absolute atomic E-state index is 0.442. The van der Waals surface area contributed by atoms with E-state index in [2.05, 4.69) is 10.3 Å². The number of rotatable bonds is 2. The summed E-state index contributed by atoms with van der Waals surface area (Å²) in [7, 11) is 0. The van der Waals surface area contributed by atoms with Crippen LogP contribution < -0.4 is 27.4 Å². The van der Waals surface area contributed by atoms with E-state index in [1.807, 2.05) is 10.6 Å². The molecule has 0 aromatic carbocycles. The number of carbonyl (C=O) groups is 4. The van der Waals surface area contributed by atoms with Gasteiger partial charge < -0.3 is 22.1 Å². The second-order valence-corrected chi connectivity index (χ2v) is 3.51. The summed E-state index contributed by atoms with van der Waals surface area (Å²) in [5.74, 6) is -1.06. The van der Waals surface area contributed by atoms with Gasteiger partial charge in [0.15, 0.2) is 6.17 Å². The van der Waals surface area contributed by atoms with Gasteiger partial charge in [-0.1, -0.05) is 0 Å². The van der Waals surface area contributed by atoms with Gasteiger partial charge in [0, 0.05) is 12.4 Å². The average Bonchev–Trinajstić information content (AvgIpc) is 2.69. The van der Waals surface area contributed by atoms with Gasteiger partial charge in [0.2, 0.25) is 5.91 Å². The minimum atomic E-state index is -1.04. The van der Waals surface area contributed by atoms with E-state index >= 15 is 0 Å². The standard InChI is InChI=1S/C6H6N2O.C4H6N4O3/c7-6(9)5-2-1-3-8-4-5;5-3(10)6-1-2(9)8-4(11)7-1/h1-4H,(H2,7,9);1H,(H3,5,6,10)(H2,7,8,9,11). The molecule has 1 saturated heterocycles. The highest BCUT2D eigenvalue weighted by Crippen LogP contribution is 1.91. The van der Waals surface area contributed by atoms with E-state index in [4.69, 9.17) is 11.5 Å². The molecule has 2 heterocycles. The fourth-order valence-electron chi connectivity index (χ4n) is 1.17. The van der Waals surface area contributed by atoms with Crippen molar-refractivity contribution < 1.29 is 19.2 Å². The topological polar surface area (TPSA) is 169 Å². The Morgan fingerprint density at radius 2 is 2.00 bits per heavy atom. The van der Waals surface area contributed by atoms with E-state index in [-0.39, 0.29) is 0 Å². The number of nitrogens with zero attached hydrogens (tertiary/aromatic N) is 1. The number of aromatic nitrogens is 1. The molecule has 0 radical (unpaired) electrons. The lowest BCUT2D eigenvalue weighted by atomic mass is 10.3. The smallest absolute Gasteiger partial charge is 0.323 e. The van der Waals surface area contributed by atoms with Gasteiger partial charge in [-0.3, -0.25) is 19.9 Å². The zero-order valence-corrected chi connectivity index (χ0v) is 10.1. The van der Waals surface area contributed by atoms with E-state index in [0.29, 0.717) is 5.56 Å². The first kappa shape index (κ1) is 14.9. The molecule has 0 saturated carbocycles. The first-order chi connectivity index (χ1) is 9.40. The van der Waals surface area contributed by atoms with Crippen LogP contribution in [0.1, 0.15) is 10.4 Å². The summed E-state index contributed by atoms with van der Waals surface area (Å²) in [5, 5.41) is 6.05. The second-order valence-electron chi connectivity index (χ2n) is 3.51. The largest absolute Gasteiger partial charge is 0.366 e. The highest BCUT2D eigenvalue weighted by atomic mass is 16.2. The quantitative estimate of drug-likeness (QED) is 0.394. The van der Waals surface area contributed by atoms with E-state index in [1.165, 1.54) is 6.20 Å². The van der Waals surface area contributed by atoms with Crippen LogP contribution in [0.3, 0.4) is 0 Å². The lowest BCUT2D eigenvalue weighted by Gasteiger charge is -2.05. The molecular formula is C10H12N6O4. The van der Waals surface area contributed by atoms with Crippen molar-refractivity contribution in [3.8, 4) is 0 Å². The summed E-state index contributed by atoms with van der Waals surface area (Å²) >= 11 is 0. The monoisotopic (exact) mass is 280 g/mol. The van der Waals surface area contributed by atoms with Crippen molar-refractivity contribution in [2.45, 2.75) is 6.17 Å². The van der Waals surface area contributed by atoms with Crippen molar-refractivity contribution in [3.05, 3.63) is 30.1 Å². The summed E-state index contributed by atoms with van der Waals surface area (Å²) in [5.41, 5.74) is 10.1. The maximum atomic E-state index is 10.7. The molecule has 1 aliphatic heterocycles. The number of carbonyl (C=O) groups excluding carboxylic acids is 4. The number of amides is 6. The lowest BCUT2D eigenvalue weighted by Crippen LogP contribution is -2.48. The molecule has 6 amide bonds. The van der Waals surface area contributed by atoms with Crippen molar-refractivity contribution in [1.29, 1.82) is 0 Å². The van der Waals surface area contributed by atoms with Gasteiger partial charge in [-0.2, -0.15) is 0 Å². The van der Waals surface area contributed by atoms with Crippen molar-refractivity contribution in [2.24, 2.45) is 11.5 Å². The maximum Gasteiger partial charge on any atom is 0.323 e. The molecule has 1 atom stereocenters.